The van der Waals surface area contributed by atoms with Crippen molar-refractivity contribution in [1.29, 1.82) is 0 Å². The number of rotatable bonds is 1. The molecule has 0 saturated heterocycles. The van der Waals surface area contributed by atoms with Gasteiger partial charge in [0.05, 0.1) is 0 Å². The van der Waals surface area contributed by atoms with E-state index in [0.717, 1.165) is 12.0 Å². The highest BCUT2D eigenvalue weighted by molar-refractivity contribution is 5.39. The maximum atomic E-state index is 9.81. The van der Waals surface area contributed by atoms with Crippen LogP contribution in [-0.2, 0) is 0 Å². The van der Waals surface area contributed by atoms with Crippen molar-refractivity contribution in [1.82, 2.24) is 4.90 Å². The Balaban J connectivity index is 2.96. The molecule has 0 aromatic heterocycles. The number of hydrogen-bond acceptors (Lipinski definition) is 2. The lowest BCUT2D eigenvalue weighted by atomic mass is 9.80. The van der Waals surface area contributed by atoms with Crippen LogP contribution in [0.15, 0.2) is 35.3 Å². The first-order valence-corrected chi connectivity index (χ1v) is 5.28. The molecule has 0 aromatic carbocycles. The van der Waals surface area contributed by atoms with Gasteiger partial charge < -0.3 is 10.0 Å². The smallest absolute Gasteiger partial charge is 0.115 e. The van der Waals surface area contributed by atoms with Gasteiger partial charge in [-0.3, -0.25) is 0 Å². The van der Waals surface area contributed by atoms with Crippen LogP contribution in [0.4, 0.5) is 0 Å². The fraction of sp³-hybridized carbons (Fsp3) is 0.538. The van der Waals surface area contributed by atoms with E-state index >= 15 is 0 Å². The van der Waals surface area contributed by atoms with Crippen LogP contribution in [0.5, 0.6) is 0 Å². The molecule has 0 heterocycles. The molecule has 1 aliphatic carbocycles. The highest BCUT2D eigenvalue weighted by Gasteiger charge is 2.23. The number of aliphatic hydroxyl groups excluding tert-OH is 1. The second-order valence-corrected chi connectivity index (χ2v) is 5.29. The molecule has 0 unspecified atom stereocenters. The molecular weight excluding hydrogens is 186 g/mol. The zero-order valence-corrected chi connectivity index (χ0v) is 10.3. The van der Waals surface area contributed by atoms with Crippen molar-refractivity contribution in [2.24, 2.45) is 5.41 Å². The first kappa shape index (κ1) is 11.9. The van der Waals surface area contributed by atoms with Gasteiger partial charge in [-0.15, -0.1) is 0 Å². The van der Waals surface area contributed by atoms with E-state index in [1.807, 2.05) is 25.1 Å². The van der Waals surface area contributed by atoms with Gasteiger partial charge in [0, 0.05) is 20.3 Å². The van der Waals surface area contributed by atoms with Gasteiger partial charge in [0.15, 0.2) is 0 Å². The summed E-state index contributed by atoms with van der Waals surface area (Å²) in [7, 11) is 4.02. The van der Waals surface area contributed by atoms with Gasteiger partial charge in [-0.25, -0.2) is 0 Å². The van der Waals surface area contributed by atoms with Crippen LogP contribution in [0.25, 0.3) is 0 Å². The first-order chi connectivity index (χ1) is 6.80. The molecule has 1 aliphatic rings. The van der Waals surface area contributed by atoms with Gasteiger partial charge in [0.2, 0.25) is 0 Å². The van der Waals surface area contributed by atoms with Crippen LogP contribution < -0.4 is 0 Å². The van der Waals surface area contributed by atoms with E-state index in [4.69, 9.17) is 0 Å². The van der Waals surface area contributed by atoms with Crippen LogP contribution in [-0.4, -0.2) is 24.1 Å². The minimum absolute atomic E-state index is 0.0280. The fourth-order valence-corrected chi connectivity index (χ4v) is 1.71. The third-order valence-electron chi connectivity index (χ3n) is 2.47. The van der Waals surface area contributed by atoms with E-state index in [0.29, 0.717) is 5.76 Å². The molecule has 0 atom stereocenters. The summed E-state index contributed by atoms with van der Waals surface area (Å²) in [5, 5.41) is 9.81. The molecule has 84 valence electrons. The van der Waals surface area contributed by atoms with E-state index in [1.165, 1.54) is 5.57 Å². The second kappa shape index (κ2) is 4.13. The van der Waals surface area contributed by atoms with Gasteiger partial charge in [-0.05, 0) is 29.1 Å². The van der Waals surface area contributed by atoms with Crippen LogP contribution in [0, 0.1) is 5.41 Å². The molecule has 1 rings (SSSR count). The average Bonchev–Trinajstić information content (AvgIpc) is 2.05. The Morgan fingerprint density at radius 3 is 2.33 bits per heavy atom. The zero-order valence-electron chi connectivity index (χ0n) is 10.3. The molecule has 0 bridgehead atoms. The first-order valence-electron chi connectivity index (χ1n) is 5.28. The molecule has 0 aliphatic heterocycles. The Morgan fingerprint density at radius 1 is 1.27 bits per heavy atom. The van der Waals surface area contributed by atoms with Crippen molar-refractivity contribution in [2.75, 3.05) is 14.1 Å². The molecule has 0 radical (unpaired) electrons. The quantitative estimate of drug-likeness (QED) is 0.713. The lowest BCUT2D eigenvalue weighted by Crippen LogP contribution is -2.15. The van der Waals surface area contributed by atoms with Crippen molar-refractivity contribution in [3.05, 3.63) is 35.3 Å². The van der Waals surface area contributed by atoms with Gasteiger partial charge >= 0.3 is 0 Å². The maximum Gasteiger partial charge on any atom is 0.115 e. The van der Waals surface area contributed by atoms with E-state index in [1.54, 1.807) is 6.08 Å². The lowest BCUT2D eigenvalue weighted by molar-refractivity contribution is 0.382. The summed E-state index contributed by atoms with van der Waals surface area (Å²) in [4.78, 5) is 2.03. The molecular formula is C13H21NO. The minimum atomic E-state index is 0.0280. The molecule has 0 spiro atoms. The van der Waals surface area contributed by atoms with Crippen molar-refractivity contribution in [2.45, 2.75) is 27.2 Å². The maximum absolute atomic E-state index is 9.81. The van der Waals surface area contributed by atoms with Crippen LogP contribution in [0.3, 0.4) is 0 Å². The van der Waals surface area contributed by atoms with E-state index < -0.39 is 0 Å². The molecule has 0 saturated carbocycles. The lowest BCUT2D eigenvalue weighted by Gasteiger charge is -2.27. The summed E-state index contributed by atoms with van der Waals surface area (Å²) in [6, 6.07) is 0. The van der Waals surface area contributed by atoms with Crippen LogP contribution in [0.2, 0.25) is 0 Å². The molecule has 0 amide bonds. The summed E-state index contributed by atoms with van der Waals surface area (Å²) in [5.41, 5.74) is 2.38. The summed E-state index contributed by atoms with van der Waals surface area (Å²) in [5.74, 6) is 0.429. The SMILES string of the molecule is CN(C)C=C1C=CC(O)=C(C(C)(C)C)C1. The Labute approximate surface area is 92.6 Å². The summed E-state index contributed by atoms with van der Waals surface area (Å²) < 4.78 is 0. The van der Waals surface area contributed by atoms with Crippen LogP contribution >= 0.6 is 0 Å². The Kier molecular flexibility index (Phi) is 3.28. The van der Waals surface area contributed by atoms with Crippen molar-refractivity contribution in [3.8, 4) is 0 Å². The fourth-order valence-electron chi connectivity index (χ4n) is 1.71. The molecule has 15 heavy (non-hydrogen) atoms. The standard InChI is InChI=1S/C13H21NO/c1-13(2,3)11-8-10(9-14(4)5)6-7-12(11)15/h6-7,9,15H,8H2,1-5H3. The monoisotopic (exact) mass is 207 g/mol. The second-order valence-electron chi connectivity index (χ2n) is 5.29. The predicted octanol–water partition coefficient (Wildman–Crippen LogP) is 3.25. The van der Waals surface area contributed by atoms with Crippen LogP contribution in [0.1, 0.15) is 27.2 Å². The topological polar surface area (TPSA) is 23.5 Å². The van der Waals surface area contributed by atoms with Gasteiger partial charge in [0.1, 0.15) is 5.76 Å². The van der Waals surface area contributed by atoms with E-state index in [-0.39, 0.29) is 5.41 Å². The third kappa shape index (κ3) is 3.15. The zero-order chi connectivity index (χ0) is 11.6. The van der Waals surface area contributed by atoms with E-state index in [2.05, 4.69) is 27.0 Å². The normalized spacial score (nSPS) is 19.9. The summed E-state index contributed by atoms with van der Waals surface area (Å²) in [6.45, 7) is 6.39. The largest absolute Gasteiger partial charge is 0.508 e. The molecule has 0 aromatic rings. The van der Waals surface area contributed by atoms with Gasteiger partial charge in [-0.2, -0.15) is 0 Å². The molecule has 2 heteroatoms. The number of allylic oxidation sites excluding steroid dienone is 4. The van der Waals surface area contributed by atoms with Gasteiger partial charge in [-0.1, -0.05) is 26.8 Å². The number of nitrogens with zero attached hydrogens (tertiary/aromatic N) is 1. The molecule has 2 nitrogen and oxygen atoms in total. The van der Waals surface area contributed by atoms with E-state index in [9.17, 15) is 5.11 Å². The molecule has 0 fully saturated rings. The highest BCUT2D eigenvalue weighted by Crippen LogP contribution is 2.35. The van der Waals surface area contributed by atoms with Gasteiger partial charge in [0.25, 0.3) is 0 Å². The van der Waals surface area contributed by atoms with Crippen molar-refractivity contribution in [3.63, 3.8) is 0 Å². The Bertz CT molecular complexity index is 327. The number of hydrogen-bond donors (Lipinski definition) is 1. The molecule has 1 N–H and O–H groups in total. The third-order valence-corrected chi connectivity index (χ3v) is 2.47. The summed E-state index contributed by atoms with van der Waals surface area (Å²) >= 11 is 0. The Hall–Kier alpha value is -1.18. The predicted molar refractivity (Wildman–Crippen MR) is 64.6 cm³/mol. The summed E-state index contributed by atoms with van der Waals surface area (Å²) in [6.07, 6.45) is 6.70. The Morgan fingerprint density at radius 2 is 1.87 bits per heavy atom. The number of aliphatic hydroxyl groups is 1. The minimum Gasteiger partial charge on any atom is -0.508 e. The van der Waals surface area contributed by atoms with Crippen molar-refractivity contribution >= 4 is 0 Å². The average molecular weight is 207 g/mol. The highest BCUT2D eigenvalue weighted by atomic mass is 16.3. The van der Waals surface area contributed by atoms with Crippen molar-refractivity contribution < 1.29 is 5.11 Å².